The lowest BCUT2D eigenvalue weighted by molar-refractivity contribution is -0.123. The van der Waals surface area contributed by atoms with Crippen LogP contribution in [-0.2, 0) is 14.8 Å². The van der Waals surface area contributed by atoms with Crippen molar-refractivity contribution in [2.24, 2.45) is 16.7 Å². The van der Waals surface area contributed by atoms with Crippen LogP contribution in [0.15, 0.2) is 24.3 Å². The Bertz CT molecular complexity index is 934. The Morgan fingerprint density at radius 2 is 2.07 bits per heavy atom. The maximum absolute atomic E-state index is 12.9. The SMILES string of the molecule is COc1cc(/C=C/C(=O)N2C3CC4CCC3(CS2(=O)=O)C4(C)C)ccc1C. The summed E-state index contributed by atoms with van der Waals surface area (Å²) in [6.07, 6.45) is 5.82. The zero-order valence-corrected chi connectivity index (χ0v) is 17.2. The number of carbonyl (C=O) groups excluding carboxylic acids is 1. The van der Waals surface area contributed by atoms with Crippen molar-refractivity contribution in [3.05, 3.63) is 35.4 Å². The van der Waals surface area contributed by atoms with E-state index in [0.29, 0.717) is 5.92 Å². The van der Waals surface area contributed by atoms with Gasteiger partial charge in [-0.25, -0.2) is 12.7 Å². The number of fused-ring (bicyclic) bond motifs is 1. The van der Waals surface area contributed by atoms with Crippen LogP contribution < -0.4 is 4.74 Å². The number of methoxy groups -OCH3 is 1. The number of ether oxygens (including phenoxy) is 1. The second-order valence-corrected chi connectivity index (χ2v) is 10.7. The molecule has 27 heavy (non-hydrogen) atoms. The molecular formula is C21H27NO4S. The van der Waals surface area contributed by atoms with Crippen molar-refractivity contribution in [3.63, 3.8) is 0 Å². The van der Waals surface area contributed by atoms with Crippen LogP contribution in [0.2, 0.25) is 0 Å². The van der Waals surface area contributed by atoms with Crippen LogP contribution in [0.5, 0.6) is 5.75 Å². The fourth-order valence-corrected chi connectivity index (χ4v) is 8.27. The van der Waals surface area contributed by atoms with Gasteiger partial charge in [-0.05, 0) is 60.8 Å². The maximum Gasteiger partial charge on any atom is 0.260 e. The van der Waals surface area contributed by atoms with Gasteiger partial charge < -0.3 is 4.74 Å². The zero-order valence-electron chi connectivity index (χ0n) is 16.4. The van der Waals surface area contributed by atoms with Crippen LogP contribution in [0.4, 0.5) is 0 Å². The lowest BCUT2D eigenvalue weighted by Gasteiger charge is -2.36. The molecule has 1 spiro atoms. The molecule has 1 aromatic rings. The summed E-state index contributed by atoms with van der Waals surface area (Å²) >= 11 is 0. The van der Waals surface area contributed by atoms with Gasteiger partial charge in [-0.3, -0.25) is 4.79 Å². The number of nitrogens with zero attached hydrogens (tertiary/aromatic N) is 1. The molecule has 3 aliphatic rings. The van der Waals surface area contributed by atoms with Crippen LogP contribution >= 0.6 is 0 Å². The predicted molar refractivity (Wildman–Crippen MR) is 105 cm³/mol. The van der Waals surface area contributed by atoms with Crippen LogP contribution in [0.3, 0.4) is 0 Å². The van der Waals surface area contributed by atoms with Gasteiger partial charge in [0.2, 0.25) is 10.0 Å². The summed E-state index contributed by atoms with van der Waals surface area (Å²) in [7, 11) is -1.97. The number of hydrogen-bond acceptors (Lipinski definition) is 4. The summed E-state index contributed by atoms with van der Waals surface area (Å²) in [4.78, 5) is 12.9. The lowest BCUT2D eigenvalue weighted by atomic mass is 9.69. The Hall–Kier alpha value is -1.82. The number of carbonyl (C=O) groups is 1. The van der Waals surface area contributed by atoms with Gasteiger partial charge in [0.1, 0.15) is 5.75 Å². The molecule has 1 aromatic carbocycles. The molecule has 2 aliphatic carbocycles. The molecular weight excluding hydrogens is 362 g/mol. The summed E-state index contributed by atoms with van der Waals surface area (Å²) in [6.45, 7) is 6.32. The van der Waals surface area contributed by atoms with E-state index in [9.17, 15) is 13.2 Å². The highest BCUT2D eigenvalue weighted by molar-refractivity contribution is 7.90. The Morgan fingerprint density at radius 3 is 2.74 bits per heavy atom. The molecule has 0 aromatic heterocycles. The van der Waals surface area contributed by atoms with Gasteiger partial charge in [0.15, 0.2) is 0 Å². The van der Waals surface area contributed by atoms with Crippen LogP contribution in [0.25, 0.3) is 6.08 Å². The minimum absolute atomic E-state index is 0.0339. The molecule has 0 radical (unpaired) electrons. The van der Waals surface area contributed by atoms with Gasteiger partial charge in [0.05, 0.1) is 18.9 Å². The third-order valence-electron chi connectivity index (χ3n) is 7.48. The molecule has 1 heterocycles. The topological polar surface area (TPSA) is 63.7 Å². The molecule has 3 atom stereocenters. The Balaban J connectivity index is 1.63. The first kappa shape index (κ1) is 18.5. The fraction of sp³-hybridized carbons (Fsp3) is 0.571. The first-order chi connectivity index (χ1) is 12.6. The van der Waals surface area contributed by atoms with Crippen molar-refractivity contribution < 1.29 is 17.9 Å². The Labute approximate surface area is 161 Å². The van der Waals surface area contributed by atoms with Crippen LogP contribution in [0.1, 0.15) is 44.2 Å². The monoisotopic (exact) mass is 389 g/mol. The smallest absolute Gasteiger partial charge is 0.260 e. The van der Waals surface area contributed by atoms with E-state index in [1.807, 2.05) is 25.1 Å². The van der Waals surface area contributed by atoms with Crippen LogP contribution in [0, 0.1) is 23.7 Å². The normalized spacial score (nSPS) is 32.8. The molecule has 6 heteroatoms. The standard InChI is InChI=1S/C21H27NO4S/c1-14-5-6-15(11-17(14)26-4)7-8-19(23)22-18-12-16-9-10-21(18,20(16,2)3)13-27(22,24)25/h5-8,11,16,18H,9-10,12-13H2,1-4H3/b8-7+. The summed E-state index contributed by atoms with van der Waals surface area (Å²) in [6, 6.07) is 5.46. The molecule has 2 saturated carbocycles. The predicted octanol–water partition coefficient (Wildman–Crippen LogP) is 3.38. The number of rotatable bonds is 3. The van der Waals surface area contributed by atoms with E-state index in [0.717, 1.165) is 36.1 Å². The van der Waals surface area contributed by atoms with Crippen molar-refractivity contribution in [2.75, 3.05) is 12.9 Å². The second kappa shape index (κ2) is 5.84. The van der Waals surface area contributed by atoms with Crippen molar-refractivity contribution in [2.45, 2.75) is 46.1 Å². The Morgan fingerprint density at radius 1 is 1.33 bits per heavy atom. The molecule has 5 nitrogen and oxygen atoms in total. The van der Waals surface area contributed by atoms with Crippen molar-refractivity contribution >= 4 is 22.0 Å². The fourth-order valence-electron chi connectivity index (χ4n) is 5.76. The highest BCUT2D eigenvalue weighted by Gasteiger charge is 2.72. The van der Waals surface area contributed by atoms with E-state index in [1.165, 1.54) is 10.4 Å². The number of aryl methyl sites for hydroxylation is 1. The summed E-state index contributed by atoms with van der Waals surface area (Å²) in [5.74, 6) is 0.914. The van der Waals surface area contributed by atoms with Crippen molar-refractivity contribution in [3.8, 4) is 5.75 Å². The number of hydrogen-bond donors (Lipinski definition) is 0. The van der Waals surface area contributed by atoms with E-state index in [-0.39, 0.29) is 22.6 Å². The quantitative estimate of drug-likeness (QED) is 0.744. The first-order valence-electron chi connectivity index (χ1n) is 9.51. The third-order valence-corrected chi connectivity index (χ3v) is 9.39. The molecule has 4 rings (SSSR count). The molecule has 1 saturated heterocycles. The largest absolute Gasteiger partial charge is 0.496 e. The summed E-state index contributed by atoms with van der Waals surface area (Å²) < 4.78 is 32.3. The highest BCUT2D eigenvalue weighted by Crippen LogP contribution is 2.69. The molecule has 1 aliphatic heterocycles. The van der Waals surface area contributed by atoms with Crippen molar-refractivity contribution in [1.82, 2.24) is 4.31 Å². The van der Waals surface area contributed by atoms with E-state index >= 15 is 0 Å². The van der Waals surface area contributed by atoms with E-state index < -0.39 is 15.9 Å². The minimum Gasteiger partial charge on any atom is -0.496 e. The Kier molecular flexibility index (Phi) is 4.01. The van der Waals surface area contributed by atoms with Gasteiger partial charge in [0.25, 0.3) is 5.91 Å². The first-order valence-corrected chi connectivity index (χ1v) is 11.1. The van der Waals surface area contributed by atoms with Gasteiger partial charge in [0, 0.05) is 11.5 Å². The lowest BCUT2D eigenvalue weighted by Crippen LogP contribution is -2.43. The van der Waals surface area contributed by atoms with E-state index in [4.69, 9.17) is 4.74 Å². The van der Waals surface area contributed by atoms with E-state index in [2.05, 4.69) is 13.8 Å². The van der Waals surface area contributed by atoms with Crippen molar-refractivity contribution in [1.29, 1.82) is 0 Å². The zero-order chi connectivity index (χ0) is 19.6. The number of amides is 1. The molecule has 146 valence electrons. The molecule has 3 fully saturated rings. The number of sulfonamides is 1. The maximum atomic E-state index is 12.9. The van der Waals surface area contributed by atoms with E-state index in [1.54, 1.807) is 13.2 Å². The molecule has 1 amide bonds. The second-order valence-electron chi connectivity index (χ2n) is 8.82. The third kappa shape index (κ3) is 2.49. The van der Waals surface area contributed by atoms with Gasteiger partial charge in [-0.15, -0.1) is 0 Å². The average molecular weight is 390 g/mol. The highest BCUT2D eigenvalue weighted by atomic mass is 32.2. The minimum atomic E-state index is -3.58. The van der Waals surface area contributed by atoms with Gasteiger partial charge in [-0.1, -0.05) is 26.0 Å². The molecule has 3 unspecified atom stereocenters. The van der Waals surface area contributed by atoms with Crippen LogP contribution in [-0.4, -0.2) is 37.5 Å². The van der Waals surface area contributed by atoms with Gasteiger partial charge >= 0.3 is 0 Å². The number of benzene rings is 1. The molecule has 0 N–H and O–H groups in total. The molecule has 2 bridgehead atoms. The summed E-state index contributed by atoms with van der Waals surface area (Å²) in [5.41, 5.74) is 1.50. The average Bonchev–Trinajstić information content (AvgIpc) is 3.08. The van der Waals surface area contributed by atoms with Gasteiger partial charge in [-0.2, -0.15) is 0 Å². The summed E-state index contributed by atoms with van der Waals surface area (Å²) in [5, 5.41) is 0.